The fourth-order valence-corrected chi connectivity index (χ4v) is 5.55. The first-order chi connectivity index (χ1) is 17.4. The van der Waals surface area contributed by atoms with Crippen molar-refractivity contribution in [2.75, 3.05) is 26.8 Å². The van der Waals surface area contributed by atoms with E-state index in [-0.39, 0.29) is 31.3 Å². The average molecular weight is 502 g/mol. The van der Waals surface area contributed by atoms with Crippen LogP contribution in [0.25, 0.3) is 0 Å². The summed E-state index contributed by atoms with van der Waals surface area (Å²) >= 11 is 0. The number of nitrogens with zero attached hydrogens (tertiary/aromatic N) is 2. The lowest BCUT2D eigenvalue weighted by Gasteiger charge is -2.34. The SMILES string of the molecule is COc1cccc(C(=O)N2CCN(C(=O)C3CCCO3)C2C(=O)NC(CC(=O)O)C2CCCCC2)c1. The summed E-state index contributed by atoms with van der Waals surface area (Å²) in [5.41, 5.74) is 0.341. The fourth-order valence-electron chi connectivity index (χ4n) is 5.55. The molecule has 0 bridgehead atoms. The molecular formula is C26H35N3O7. The first-order valence-electron chi connectivity index (χ1n) is 12.8. The number of aliphatic carboxylic acids is 1. The molecule has 2 N–H and O–H groups in total. The molecule has 3 aliphatic rings. The van der Waals surface area contributed by atoms with Gasteiger partial charge < -0.3 is 29.7 Å². The Labute approximate surface area is 210 Å². The minimum Gasteiger partial charge on any atom is -0.497 e. The number of hydrogen-bond donors (Lipinski definition) is 2. The summed E-state index contributed by atoms with van der Waals surface area (Å²) in [6, 6.07) is 6.08. The number of nitrogens with one attached hydrogen (secondary N) is 1. The van der Waals surface area contributed by atoms with Crippen molar-refractivity contribution < 1.29 is 33.8 Å². The molecule has 0 aromatic heterocycles. The number of carbonyl (C=O) groups is 4. The molecule has 1 aromatic rings. The smallest absolute Gasteiger partial charge is 0.305 e. The van der Waals surface area contributed by atoms with Gasteiger partial charge in [-0.05, 0) is 49.8 Å². The number of methoxy groups -OCH3 is 1. The number of carboxylic acids is 1. The van der Waals surface area contributed by atoms with Crippen molar-refractivity contribution >= 4 is 23.7 Å². The number of ether oxygens (including phenoxy) is 2. The zero-order valence-electron chi connectivity index (χ0n) is 20.7. The average Bonchev–Trinajstić information content (AvgIpc) is 3.58. The van der Waals surface area contributed by atoms with Crippen LogP contribution in [0.3, 0.4) is 0 Å². The minimum atomic E-state index is -1.18. The second kappa shape index (κ2) is 11.7. The van der Waals surface area contributed by atoms with E-state index in [2.05, 4.69) is 5.32 Å². The number of hydrogen-bond acceptors (Lipinski definition) is 6. The van der Waals surface area contributed by atoms with Gasteiger partial charge in [0.05, 0.1) is 13.5 Å². The van der Waals surface area contributed by atoms with Crippen LogP contribution < -0.4 is 10.1 Å². The van der Waals surface area contributed by atoms with E-state index in [9.17, 15) is 24.3 Å². The summed E-state index contributed by atoms with van der Waals surface area (Å²) in [5, 5.41) is 12.4. The summed E-state index contributed by atoms with van der Waals surface area (Å²) in [5.74, 6) is -1.69. The molecule has 2 saturated heterocycles. The summed E-state index contributed by atoms with van der Waals surface area (Å²) < 4.78 is 10.8. The van der Waals surface area contributed by atoms with Crippen LogP contribution in [-0.2, 0) is 19.1 Å². The van der Waals surface area contributed by atoms with Gasteiger partial charge in [-0.3, -0.25) is 19.2 Å². The van der Waals surface area contributed by atoms with E-state index in [1.807, 2.05) is 0 Å². The van der Waals surface area contributed by atoms with Gasteiger partial charge in [0.1, 0.15) is 11.9 Å². The van der Waals surface area contributed by atoms with Gasteiger partial charge in [-0.2, -0.15) is 0 Å². The third kappa shape index (κ3) is 5.80. The molecule has 1 saturated carbocycles. The highest BCUT2D eigenvalue weighted by Gasteiger charge is 2.46. The van der Waals surface area contributed by atoms with Crippen LogP contribution in [0.5, 0.6) is 5.75 Å². The van der Waals surface area contributed by atoms with Crippen LogP contribution in [-0.4, -0.2) is 83.7 Å². The third-order valence-electron chi connectivity index (χ3n) is 7.41. The van der Waals surface area contributed by atoms with Crippen LogP contribution in [0.2, 0.25) is 0 Å². The van der Waals surface area contributed by atoms with Gasteiger partial charge in [-0.25, -0.2) is 0 Å². The van der Waals surface area contributed by atoms with Crippen LogP contribution in [0.15, 0.2) is 24.3 Å². The summed E-state index contributed by atoms with van der Waals surface area (Å²) in [4.78, 5) is 54.9. The summed E-state index contributed by atoms with van der Waals surface area (Å²) in [7, 11) is 1.51. The molecule has 1 aliphatic carbocycles. The van der Waals surface area contributed by atoms with Crippen LogP contribution in [0.1, 0.15) is 61.7 Å². The zero-order valence-corrected chi connectivity index (χ0v) is 20.7. The molecule has 2 aliphatic heterocycles. The van der Waals surface area contributed by atoms with Crippen molar-refractivity contribution in [3.8, 4) is 5.75 Å². The highest BCUT2D eigenvalue weighted by molar-refractivity contribution is 6.00. The standard InChI is InChI=1S/C26H35N3O7/c1-35-19-10-5-9-18(15-19)25(33)28-12-13-29(26(34)21-11-6-14-36-21)24(28)23(32)27-20(16-22(30)31)17-7-3-2-4-8-17/h5,9-10,15,17,20-21,24H,2-4,6-8,11-14,16H2,1H3,(H,27,32)(H,30,31). The molecule has 2 heterocycles. The zero-order chi connectivity index (χ0) is 25.7. The molecule has 10 nitrogen and oxygen atoms in total. The Balaban J connectivity index is 1.60. The number of carboxylic acid groups (broad SMARTS) is 1. The molecule has 196 valence electrons. The molecular weight excluding hydrogens is 466 g/mol. The number of benzene rings is 1. The Morgan fingerprint density at radius 2 is 1.83 bits per heavy atom. The molecule has 0 radical (unpaired) electrons. The topological polar surface area (TPSA) is 125 Å². The molecule has 36 heavy (non-hydrogen) atoms. The highest BCUT2D eigenvalue weighted by Crippen LogP contribution is 2.29. The van der Waals surface area contributed by atoms with E-state index in [0.717, 1.165) is 38.5 Å². The maximum Gasteiger partial charge on any atom is 0.305 e. The Kier molecular flexibility index (Phi) is 8.45. The molecule has 3 atom stereocenters. The maximum atomic E-state index is 13.7. The van der Waals surface area contributed by atoms with E-state index in [1.165, 1.54) is 16.9 Å². The fraction of sp³-hybridized carbons (Fsp3) is 0.615. The predicted octanol–water partition coefficient (Wildman–Crippen LogP) is 2.02. The van der Waals surface area contributed by atoms with E-state index in [1.54, 1.807) is 24.3 Å². The maximum absolute atomic E-state index is 13.7. The van der Waals surface area contributed by atoms with Gasteiger partial charge in [0, 0.05) is 31.3 Å². The van der Waals surface area contributed by atoms with Gasteiger partial charge in [0.15, 0.2) is 6.17 Å². The number of rotatable bonds is 8. The van der Waals surface area contributed by atoms with Crippen molar-refractivity contribution in [2.24, 2.45) is 5.92 Å². The van der Waals surface area contributed by atoms with Gasteiger partial charge in [0.25, 0.3) is 17.7 Å². The lowest BCUT2D eigenvalue weighted by molar-refractivity contribution is -0.149. The number of carbonyl (C=O) groups excluding carboxylic acids is 3. The minimum absolute atomic E-state index is 0.0463. The van der Waals surface area contributed by atoms with E-state index in [4.69, 9.17) is 9.47 Å². The third-order valence-corrected chi connectivity index (χ3v) is 7.41. The van der Waals surface area contributed by atoms with E-state index < -0.39 is 36.1 Å². The Bertz CT molecular complexity index is 972. The first-order valence-corrected chi connectivity index (χ1v) is 12.8. The Morgan fingerprint density at radius 1 is 1.08 bits per heavy atom. The van der Waals surface area contributed by atoms with Crippen molar-refractivity contribution in [3.05, 3.63) is 29.8 Å². The molecule has 3 amide bonds. The van der Waals surface area contributed by atoms with Crippen LogP contribution >= 0.6 is 0 Å². The van der Waals surface area contributed by atoms with E-state index >= 15 is 0 Å². The predicted molar refractivity (Wildman–Crippen MR) is 129 cm³/mol. The molecule has 0 spiro atoms. The van der Waals surface area contributed by atoms with Crippen LogP contribution in [0.4, 0.5) is 0 Å². The molecule has 4 rings (SSSR count). The van der Waals surface area contributed by atoms with Crippen molar-refractivity contribution in [1.29, 1.82) is 0 Å². The summed E-state index contributed by atoms with van der Waals surface area (Å²) in [6.07, 6.45) is 4.07. The van der Waals surface area contributed by atoms with Gasteiger partial charge >= 0.3 is 5.97 Å². The van der Waals surface area contributed by atoms with Crippen LogP contribution in [0, 0.1) is 5.92 Å². The molecule has 1 aromatic carbocycles. The van der Waals surface area contributed by atoms with Crippen molar-refractivity contribution in [3.63, 3.8) is 0 Å². The monoisotopic (exact) mass is 501 g/mol. The van der Waals surface area contributed by atoms with Gasteiger partial charge in [0.2, 0.25) is 0 Å². The molecule has 10 heteroatoms. The normalized spacial score (nSPS) is 23.4. The second-order valence-corrected chi connectivity index (χ2v) is 9.75. The lowest BCUT2D eigenvalue weighted by Crippen LogP contribution is -2.58. The van der Waals surface area contributed by atoms with Crippen molar-refractivity contribution in [1.82, 2.24) is 15.1 Å². The Morgan fingerprint density at radius 3 is 2.50 bits per heavy atom. The first kappa shape index (κ1) is 25.9. The Hall–Kier alpha value is -3.14. The van der Waals surface area contributed by atoms with Gasteiger partial charge in [-0.15, -0.1) is 0 Å². The van der Waals surface area contributed by atoms with Gasteiger partial charge in [-0.1, -0.05) is 25.3 Å². The summed E-state index contributed by atoms with van der Waals surface area (Å²) in [6.45, 7) is 0.856. The number of amides is 3. The second-order valence-electron chi connectivity index (χ2n) is 9.75. The largest absolute Gasteiger partial charge is 0.497 e. The highest BCUT2D eigenvalue weighted by atomic mass is 16.5. The quantitative estimate of drug-likeness (QED) is 0.558. The van der Waals surface area contributed by atoms with Crippen molar-refractivity contribution in [2.45, 2.75) is 69.7 Å². The van der Waals surface area contributed by atoms with E-state index in [0.29, 0.717) is 24.3 Å². The molecule has 3 fully saturated rings. The molecule has 3 unspecified atom stereocenters. The lowest BCUT2D eigenvalue weighted by atomic mass is 9.82.